The molecule has 0 aromatic carbocycles. The van der Waals surface area contributed by atoms with Crippen molar-refractivity contribution >= 4 is 0 Å². The van der Waals surface area contributed by atoms with Gasteiger partial charge < -0.3 is 10.5 Å². The highest BCUT2D eigenvalue weighted by atomic mass is 16.5. The lowest BCUT2D eigenvalue weighted by Gasteiger charge is -2.13. The molecule has 0 saturated carbocycles. The van der Waals surface area contributed by atoms with Crippen LogP contribution in [0.15, 0.2) is 0 Å². The minimum absolute atomic E-state index is 0.513. The van der Waals surface area contributed by atoms with Gasteiger partial charge in [-0.25, -0.2) is 0 Å². The van der Waals surface area contributed by atoms with E-state index in [2.05, 4.69) is 6.92 Å². The summed E-state index contributed by atoms with van der Waals surface area (Å²) in [7, 11) is 0. The smallest absolute Gasteiger partial charge is 0.0579 e. The Balaban J connectivity index is 2.11. The van der Waals surface area contributed by atoms with Gasteiger partial charge in [-0.1, -0.05) is 6.92 Å². The van der Waals surface area contributed by atoms with E-state index in [9.17, 15) is 0 Å². The lowest BCUT2D eigenvalue weighted by Crippen LogP contribution is -2.17. The molecule has 2 nitrogen and oxygen atoms in total. The van der Waals surface area contributed by atoms with E-state index in [1.165, 1.54) is 12.8 Å². The van der Waals surface area contributed by atoms with Crippen LogP contribution in [0.5, 0.6) is 0 Å². The van der Waals surface area contributed by atoms with Crippen LogP contribution in [-0.2, 0) is 4.74 Å². The van der Waals surface area contributed by atoms with Gasteiger partial charge in [0.05, 0.1) is 6.10 Å². The second kappa shape index (κ2) is 3.94. The second-order valence-corrected chi connectivity index (χ2v) is 3.21. The number of rotatable bonds is 3. The van der Waals surface area contributed by atoms with Gasteiger partial charge in [0, 0.05) is 6.61 Å². The molecule has 2 atom stereocenters. The van der Waals surface area contributed by atoms with Crippen molar-refractivity contribution < 1.29 is 4.74 Å². The first-order valence-electron chi connectivity index (χ1n) is 4.14. The molecule has 0 aliphatic carbocycles. The highest BCUT2D eigenvalue weighted by Crippen LogP contribution is 2.18. The van der Waals surface area contributed by atoms with Crippen LogP contribution in [0.3, 0.4) is 0 Å². The molecule has 1 heterocycles. The van der Waals surface area contributed by atoms with E-state index < -0.39 is 0 Å². The molecule has 2 N–H and O–H groups in total. The Hall–Kier alpha value is -0.0800. The van der Waals surface area contributed by atoms with Crippen molar-refractivity contribution in [2.45, 2.75) is 32.3 Å². The highest BCUT2D eigenvalue weighted by Gasteiger charge is 2.17. The predicted octanol–water partition coefficient (Wildman–Crippen LogP) is 1.15. The van der Waals surface area contributed by atoms with Gasteiger partial charge in [0.15, 0.2) is 0 Å². The monoisotopic (exact) mass is 143 g/mol. The van der Waals surface area contributed by atoms with Crippen LogP contribution in [0, 0.1) is 5.92 Å². The summed E-state index contributed by atoms with van der Waals surface area (Å²) in [6.07, 6.45) is 4.14. The van der Waals surface area contributed by atoms with Crippen LogP contribution in [-0.4, -0.2) is 19.3 Å². The molecule has 0 amide bonds. The molecule has 2 heteroatoms. The van der Waals surface area contributed by atoms with Crippen molar-refractivity contribution in [3.05, 3.63) is 0 Å². The summed E-state index contributed by atoms with van der Waals surface area (Å²) < 4.78 is 5.47. The third kappa shape index (κ3) is 2.27. The van der Waals surface area contributed by atoms with Crippen LogP contribution >= 0.6 is 0 Å². The minimum Gasteiger partial charge on any atom is -0.378 e. The topological polar surface area (TPSA) is 35.2 Å². The van der Waals surface area contributed by atoms with Gasteiger partial charge in [0.1, 0.15) is 0 Å². The Labute approximate surface area is 62.7 Å². The normalized spacial score (nSPS) is 28.8. The highest BCUT2D eigenvalue weighted by molar-refractivity contribution is 4.68. The van der Waals surface area contributed by atoms with Gasteiger partial charge >= 0.3 is 0 Å². The van der Waals surface area contributed by atoms with Gasteiger partial charge in [-0.05, 0) is 31.7 Å². The van der Waals surface area contributed by atoms with Crippen LogP contribution in [0.25, 0.3) is 0 Å². The molecule has 60 valence electrons. The summed E-state index contributed by atoms with van der Waals surface area (Å²) in [4.78, 5) is 0. The fraction of sp³-hybridized carbons (Fsp3) is 1.00. The number of ether oxygens (including phenoxy) is 1. The number of nitrogens with two attached hydrogens (primary N) is 1. The van der Waals surface area contributed by atoms with Crippen molar-refractivity contribution in [1.29, 1.82) is 0 Å². The maximum absolute atomic E-state index is 5.49. The molecule has 0 aromatic heterocycles. The van der Waals surface area contributed by atoms with Crippen LogP contribution in [0.1, 0.15) is 26.2 Å². The molecule has 1 rings (SSSR count). The van der Waals surface area contributed by atoms with Crippen LogP contribution < -0.4 is 5.73 Å². The summed E-state index contributed by atoms with van der Waals surface area (Å²) in [6, 6.07) is 0. The number of hydrogen-bond acceptors (Lipinski definition) is 2. The molecule has 1 saturated heterocycles. The quantitative estimate of drug-likeness (QED) is 0.643. The Morgan fingerprint density at radius 1 is 1.70 bits per heavy atom. The van der Waals surface area contributed by atoms with Gasteiger partial charge in [0.2, 0.25) is 0 Å². The fourth-order valence-electron chi connectivity index (χ4n) is 1.38. The third-order valence-corrected chi connectivity index (χ3v) is 2.09. The van der Waals surface area contributed by atoms with Crippen molar-refractivity contribution in [1.82, 2.24) is 0 Å². The van der Waals surface area contributed by atoms with Gasteiger partial charge in [-0.15, -0.1) is 0 Å². The molecular weight excluding hydrogens is 126 g/mol. The molecule has 1 aliphatic rings. The Morgan fingerprint density at radius 3 is 3.00 bits per heavy atom. The number of hydrogen-bond donors (Lipinski definition) is 1. The zero-order valence-electron chi connectivity index (χ0n) is 6.68. The summed E-state index contributed by atoms with van der Waals surface area (Å²) in [5.74, 6) is 0.628. The Kier molecular flexibility index (Phi) is 3.16. The lowest BCUT2D eigenvalue weighted by molar-refractivity contribution is 0.0927. The fourth-order valence-corrected chi connectivity index (χ4v) is 1.38. The molecule has 10 heavy (non-hydrogen) atoms. The van der Waals surface area contributed by atoms with E-state index in [4.69, 9.17) is 10.5 Å². The van der Waals surface area contributed by atoms with E-state index in [1.807, 2.05) is 0 Å². The maximum atomic E-state index is 5.49. The Morgan fingerprint density at radius 2 is 2.50 bits per heavy atom. The predicted molar refractivity (Wildman–Crippen MR) is 41.8 cm³/mol. The summed E-state index contributed by atoms with van der Waals surface area (Å²) in [5.41, 5.74) is 5.49. The Bertz CT molecular complexity index is 89.3. The molecule has 1 fully saturated rings. The second-order valence-electron chi connectivity index (χ2n) is 3.21. The average molecular weight is 143 g/mol. The first-order valence-corrected chi connectivity index (χ1v) is 4.14. The molecular formula is C8H17NO. The van der Waals surface area contributed by atoms with Crippen LogP contribution in [0.2, 0.25) is 0 Å². The van der Waals surface area contributed by atoms with E-state index in [-0.39, 0.29) is 0 Å². The van der Waals surface area contributed by atoms with E-state index >= 15 is 0 Å². The minimum atomic E-state index is 0.513. The summed E-state index contributed by atoms with van der Waals surface area (Å²) in [6.45, 7) is 3.93. The first-order chi connectivity index (χ1) is 4.83. The van der Waals surface area contributed by atoms with Gasteiger partial charge in [0.25, 0.3) is 0 Å². The zero-order valence-corrected chi connectivity index (χ0v) is 6.68. The summed E-state index contributed by atoms with van der Waals surface area (Å²) in [5, 5.41) is 0. The standard InChI is InChI=1S/C8H17NO/c1-7(6-9)5-8-3-2-4-10-8/h7-8H,2-6,9H2,1H3/t7-,8?/m1/s1. The van der Waals surface area contributed by atoms with Gasteiger partial charge in [-0.3, -0.25) is 0 Å². The van der Waals surface area contributed by atoms with Crippen LogP contribution in [0.4, 0.5) is 0 Å². The van der Waals surface area contributed by atoms with Crippen molar-refractivity contribution in [3.63, 3.8) is 0 Å². The molecule has 0 bridgehead atoms. The zero-order chi connectivity index (χ0) is 7.40. The van der Waals surface area contributed by atoms with Gasteiger partial charge in [-0.2, -0.15) is 0 Å². The third-order valence-electron chi connectivity index (χ3n) is 2.09. The molecule has 1 aliphatic heterocycles. The molecule has 0 spiro atoms. The van der Waals surface area contributed by atoms with Crippen molar-refractivity contribution in [2.24, 2.45) is 11.7 Å². The van der Waals surface area contributed by atoms with Crippen molar-refractivity contribution in [2.75, 3.05) is 13.2 Å². The van der Waals surface area contributed by atoms with E-state index in [0.717, 1.165) is 19.6 Å². The van der Waals surface area contributed by atoms with Crippen molar-refractivity contribution in [3.8, 4) is 0 Å². The average Bonchev–Trinajstić information content (AvgIpc) is 2.40. The van der Waals surface area contributed by atoms with E-state index in [1.54, 1.807) is 0 Å². The SMILES string of the molecule is C[C@@H](CN)CC1CCCO1. The maximum Gasteiger partial charge on any atom is 0.0579 e. The largest absolute Gasteiger partial charge is 0.378 e. The molecule has 0 radical (unpaired) electrons. The van der Waals surface area contributed by atoms with E-state index in [0.29, 0.717) is 12.0 Å². The summed E-state index contributed by atoms with van der Waals surface area (Å²) >= 11 is 0. The first kappa shape index (κ1) is 8.02. The molecule has 1 unspecified atom stereocenters. The molecule has 0 aromatic rings. The lowest BCUT2D eigenvalue weighted by atomic mass is 10.0.